The lowest BCUT2D eigenvalue weighted by Gasteiger charge is -2.36. The number of nitrogens with zero attached hydrogens (tertiary/aromatic N) is 4. The van der Waals surface area contributed by atoms with Crippen molar-refractivity contribution in [3.8, 4) is 0 Å². The van der Waals surface area contributed by atoms with Crippen LogP contribution in [0.5, 0.6) is 0 Å². The maximum absolute atomic E-state index is 12.9. The van der Waals surface area contributed by atoms with E-state index in [2.05, 4.69) is 0 Å². The number of anilines is 1. The summed E-state index contributed by atoms with van der Waals surface area (Å²) in [6.07, 6.45) is -0.373. The molecule has 0 aliphatic carbocycles. The van der Waals surface area contributed by atoms with E-state index >= 15 is 0 Å². The Hall–Kier alpha value is -2.62. The summed E-state index contributed by atoms with van der Waals surface area (Å²) < 4.78 is 6.92. The van der Waals surface area contributed by atoms with Crippen LogP contribution in [0.3, 0.4) is 0 Å². The molecule has 1 atom stereocenters. The van der Waals surface area contributed by atoms with Crippen LogP contribution in [-0.4, -0.2) is 69.6 Å². The van der Waals surface area contributed by atoms with Gasteiger partial charge in [-0.15, -0.1) is 0 Å². The first kappa shape index (κ1) is 19.7. The molecule has 1 aliphatic heterocycles. The number of nitrogen functional groups attached to an aromatic ring is 1. The highest BCUT2D eigenvalue weighted by molar-refractivity contribution is 6.03. The van der Waals surface area contributed by atoms with E-state index in [0.29, 0.717) is 32.8 Å². The number of nitrogens with two attached hydrogens (primary N) is 1. The molecule has 0 spiro atoms. The third-order valence-corrected chi connectivity index (χ3v) is 4.72. The molecule has 2 rings (SSSR count). The van der Waals surface area contributed by atoms with Gasteiger partial charge in [-0.3, -0.25) is 23.6 Å². The lowest BCUT2D eigenvalue weighted by atomic mass is 10.0. The zero-order valence-corrected chi connectivity index (χ0v) is 15.5. The van der Waals surface area contributed by atoms with Gasteiger partial charge >= 0.3 is 11.8 Å². The van der Waals surface area contributed by atoms with Gasteiger partial charge in [0.05, 0.1) is 12.6 Å². The lowest BCUT2D eigenvalue weighted by molar-refractivity contribution is 0.0603. The average molecular weight is 367 g/mol. The van der Waals surface area contributed by atoms with Crippen LogP contribution in [0.15, 0.2) is 9.59 Å². The van der Waals surface area contributed by atoms with Crippen LogP contribution in [0.4, 0.5) is 10.6 Å². The molecule has 1 unspecified atom stereocenters. The molecule has 1 saturated heterocycles. The first-order valence-corrected chi connectivity index (χ1v) is 8.46. The predicted molar refractivity (Wildman–Crippen MR) is 95.3 cm³/mol. The number of ketones is 1. The molecule has 1 aromatic rings. The Kier molecular flexibility index (Phi) is 5.86. The summed E-state index contributed by atoms with van der Waals surface area (Å²) in [5.41, 5.74) is 4.39. The smallest absolute Gasteiger partial charge is 0.409 e. The standard InChI is InChI=1S/C16H25N5O5/c1-5-26-16(25)21-8-6-20(7-9-21)10(2)12(22)11-13(17)18(3)15(24)19(4)14(11)23/h10H,5-9,17H2,1-4H3. The molecule has 0 saturated carbocycles. The number of piperazine rings is 1. The van der Waals surface area contributed by atoms with Crippen molar-refractivity contribution in [2.24, 2.45) is 14.1 Å². The Morgan fingerprint density at radius 1 is 1.12 bits per heavy atom. The quantitative estimate of drug-likeness (QED) is 0.679. The van der Waals surface area contributed by atoms with Gasteiger partial charge in [-0.1, -0.05) is 0 Å². The van der Waals surface area contributed by atoms with Crippen LogP contribution in [0, 0.1) is 0 Å². The molecule has 144 valence electrons. The van der Waals surface area contributed by atoms with E-state index in [1.54, 1.807) is 18.7 Å². The van der Waals surface area contributed by atoms with E-state index in [1.807, 2.05) is 4.90 Å². The van der Waals surface area contributed by atoms with Gasteiger partial charge in [-0.2, -0.15) is 0 Å². The molecule has 2 heterocycles. The number of carbonyl (C=O) groups is 2. The molecule has 0 radical (unpaired) electrons. The highest BCUT2D eigenvalue weighted by Gasteiger charge is 2.31. The highest BCUT2D eigenvalue weighted by atomic mass is 16.6. The van der Waals surface area contributed by atoms with Gasteiger partial charge in [-0.25, -0.2) is 9.59 Å². The van der Waals surface area contributed by atoms with Crippen LogP contribution < -0.4 is 17.0 Å². The van der Waals surface area contributed by atoms with Gasteiger partial charge in [0.25, 0.3) is 5.56 Å². The van der Waals surface area contributed by atoms with Gasteiger partial charge in [-0.05, 0) is 13.8 Å². The van der Waals surface area contributed by atoms with E-state index in [-0.39, 0.29) is 17.5 Å². The summed E-state index contributed by atoms with van der Waals surface area (Å²) in [6, 6.07) is -0.605. The molecule has 10 heteroatoms. The molecule has 1 aromatic heterocycles. The van der Waals surface area contributed by atoms with Crippen LogP contribution in [0.2, 0.25) is 0 Å². The van der Waals surface area contributed by atoms with Gasteiger partial charge in [0, 0.05) is 40.3 Å². The monoisotopic (exact) mass is 367 g/mol. The molecule has 1 aliphatic rings. The summed E-state index contributed by atoms with van der Waals surface area (Å²) in [7, 11) is 2.72. The maximum atomic E-state index is 12.9. The first-order valence-electron chi connectivity index (χ1n) is 8.46. The van der Waals surface area contributed by atoms with Crippen molar-refractivity contribution in [1.29, 1.82) is 0 Å². The predicted octanol–water partition coefficient (Wildman–Crippen LogP) is -0.988. The van der Waals surface area contributed by atoms with Crippen molar-refractivity contribution in [2.45, 2.75) is 19.9 Å². The SMILES string of the molecule is CCOC(=O)N1CCN(C(C)C(=O)c2c(N)n(C)c(=O)n(C)c2=O)CC1. The summed E-state index contributed by atoms with van der Waals surface area (Å²) in [5.74, 6) is -0.580. The van der Waals surface area contributed by atoms with Crippen molar-refractivity contribution in [2.75, 3.05) is 38.5 Å². The van der Waals surface area contributed by atoms with Crippen molar-refractivity contribution in [3.63, 3.8) is 0 Å². The van der Waals surface area contributed by atoms with Gasteiger partial charge in [0.1, 0.15) is 11.4 Å². The molecular weight excluding hydrogens is 342 g/mol. The van der Waals surface area contributed by atoms with E-state index in [0.717, 1.165) is 9.13 Å². The Bertz CT molecular complexity index is 820. The second-order valence-electron chi connectivity index (χ2n) is 6.23. The van der Waals surface area contributed by atoms with Crippen LogP contribution in [-0.2, 0) is 18.8 Å². The summed E-state index contributed by atoms with van der Waals surface area (Å²) in [5, 5.41) is 0. The number of rotatable bonds is 4. The van der Waals surface area contributed by atoms with E-state index in [9.17, 15) is 19.2 Å². The zero-order chi connectivity index (χ0) is 19.6. The molecule has 26 heavy (non-hydrogen) atoms. The minimum atomic E-state index is -0.701. The second kappa shape index (κ2) is 7.73. The fraction of sp³-hybridized carbons (Fsp3) is 0.625. The number of hydrogen-bond acceptors (Lipinski definition) is 7. The number of Topliss-reactive ketones (excluding diaryl/α,β-unsaturated/α-hetero) is 1. The molecule has 10 nitrogen and oxygen atoms in total. The summed E-state index contributed by atoms with van der Waals surface area (Å²) >= 11 is 0. The van der Waals surface area contributed by atoms with Crippen LogP contribution in [0.25, 0.3) is 0 Å². The summed E-state index contributed by atoms with van der Waals surface area (Å²) in [6.45, 7) is 5.53. The number of hydrogen-bond donors (Lipinski definition) is 1. The van der Waals surface area contributed by atoms with Gasteiger partial charge < -0.3 is 15.4 Å². The molecule has 0 bridgehead atoms. The van der Waals surface area contributed by atoms with Crippen molar-refractivity contribution in [3.05, 3.63) is 26.4 Å². The van der Waals surface area contributed by atoms with Crippen molar-refractivity contribution < 1.29 is 14.3 Å². The highest BCUT2D eigenvalue weighted by Crippen LogP contribution is 2.14. The lowest BCUT2D eigenvalue weighted by Crippen LogP contribution is -2.54. The van der Waals surface area contributed by atoms with Gasteiger partial charge in [0.15, 0.2) is 5.78 Å². The van der Waals surface area contributed by atoms with E-state index < -0.39 is 23.1 Å². The second-order valence-corrected chi connectivity index (χ2v) is 6.23. The fourth-order valence-electron chi connectivity index (χ4n) is 2.97. The fourth-order valence-corrected chi connectivity index (χ4v) is 2.97. The number of carbonyl (C=O) groups excluding carboxylic acids is 2. The Labute approximate surface area is 150 Å². The Balaban J connectivity index is 2.19. The van der Waals surface area contributed by atoms with Gasteiger partial charge in [0.2, 0.25) is 0 Å². The first-order chi connectivity index (χ1) is 12.2. The van der Waals surface area contributed by atoms with E-state index in [4.69, 9.17) is 10.5 Å². The van der Waals surface area contributed by atoms with Crippen molar-refractivity contribution >= 4 is 17.7 Å². The van der Waals surface area contributed by atoms with Crippen LogP contribution >= 0.6 is 0 Å². The maximum Gasteiger partial charge on any atom is 0.409 e. The summed E-state index contributed by atoms with van der Waals surface area (Å²) in [4.78, 5) is 52.3. The largest absolute Gasteiger partial charge is 0.450 e. The topological polar surface area (TPSA) is 120 Å². The van der Waals surface area contributed by atoms with Crippen molar-refractivity contribution in [1.82, 2.24) is 18.9 Å². The molecule has 2 N–H and O–H groups in total. The number of ether oxygens (including phenoxy) is 1. The number of amides is 1. The normalized spacial score (nSPS) is 16.4. The third-order valence-electron chi connectivity index (χ3n) is 4.72. The van der Waals surface area contributed by atoms with E-state index in [1.165, 1.54) is 14.1 Å². The Morgan fingerprint density at radius 2 is 1.69 bits per heavy atom. The zero-order valence-electron chi connectivity index (χ0n) is 15.5. The third kappa shape index (κ3) is 3.50. The molecule has 1 fully saturated rings. The molecule has 0 aromatic carbocycles. The minimum Gasteiger partial charge on any atom is -0.450 e. The minimum absolute atomic E-state index is 0.139. The average Bonchev–Trinajstić information content (AvgIpc) is 2.64. The van der Waals surface area contributed by atoms with Crippen LogP contribution in [0.1, 0.15) is 24.2 Å². The molecule has 1 amide bonds. The molecular formula is C16H25N5O5. The number of aromatic nitrogens is 2. The Morgan fingerprint density at radius 3 is 2.23 bits per heavy atom.